The summed E-state index contributed by atoms with van der Waals surface area (Å²) in [4.78, 5) is 18.3. The van der Waals surface area contributed by atoms with E-state index in [1.807, 2.05) is 11.0 Å². The Bertz CT molecular complexity index is 1080. The Balaban J connectivity index is 1.66. The molecule has 1 unspecified atom stereocenters. The highest BCUT2D eigenvalue weighted by molar-refractivity contribution is 6.35. The van der Waals surface area contributed by atoms with Gasteiger partial charge in [0.05, 0.1) is 30.3 Å². The summed E-state index contributed by atoms with van der Waals surface area (Å²) in [6, 6.07) is 5.34. The Morgan fingerprint density at radius 2 is 2.04 bits per heavy atom. The van der Waals surface area contributed by atoms with Gasteiger partial charge in [-0.2, -0.15) is 5.10 Å². The van der Waals surface area contributed by atoms with Gasteiger partial charge in [-0.25, -0.2) is 10.1 Å². The summed E-state index contributed by atoms with van der Waals surface area (Å²) in [6.07, 6.45) is 2.96. The molecule has 1 atom stereocenters. The van der Waals surface area contributed by atoms with Crippen LogP contribution in [0.25, 0.3) is 0 Å². The minimum atomic E-state index is -0.411. The molecule has 0 saturated carbocycles. The number of anilines is 1. The largest absolute Gasteiger partial charge is 0.370 e. The third-order valence-electron chi connectivity index (χ3n) is 4.76. The number of methoxy groups -OCH3 is 1. The fourth-order valence-corrected chi connectivity index (χ4v) is 4.13. The maximum atomic E-state index is 11.7. The van der Waals surface area contributed by atoms with E-state index in [4.69, 9.17) is 39.5 Å². The van der Waals surface area contributed by atoms with Crippen molar-refractivity contribution in [2.75, 3.05) is 18.6 Å². The monoisotopic (exact) mass is 439 g/mol. The van der Waals surface area contributed by atoms with Gasteiger partial charge in [0.25, 0.3) is 5.56 Å². The fourth-order valence-electron chi connectivity index (χ4n) is 3.41. The molecule has 0 amide bonds. The van der Waals surface area contributed by atoms with E-state index < -0.39 is 5.56 Å². The number of nitrogens with zero attached hydrogens (tertiary/aromatic N) is 4. The molecule has 7 nitrogen and oxygen atoms in total. The lowest BCUT2D eigenvalue weighted by atomic mass is 10.1. The molecule has 1 aliphatic rings. The lowest BCUT2D eigenvalue weighted by molar-refractivity contribution is 0.129. The number of aromatic amines is 1. The molecule has 0 spiro atoms. The van der Waals surface area contributed by atoms with Gasteiger partial charge >= 0.3 is 0 Å². The molecular weight excluding hydrogens is 425 g/mol. The minimum absolute atomic E-state index is 0.123. The lowest BCUT2D eigenvalue weighted by Crippen LogP contribution is -2.35. The van der Waals surface area contributed by atoms with Crippen LogP contribution in [-0.2, 0) is 17.8 Å². The third kappa shape index (κ3) is 3.39. The molecule has 3 aromatic rings. The molecule has 0 saturated heterocycles. The molecule has 0 aliphatic carbocycles. The van der Waals surface area contributed by atoms with Crippen molar-refractivity contribution in [2.45, 2.75) is 19.2 Å². The number of imidazole rings is 1. The number of nitrogens with one attached hydrogen (secondary N) is 1. The van der Waals surface area contributed by atoms with Crippen LogP contribution in [0.5, 0.6) is 0 Å². The van der Waals surface area contributed by atoms with Crippen molar-refractivity contribution in [3.05, 3.63) is 73.1 Å². The average molecular weight is 441 g/mol. The van der Waals surface area contributed by atoms with Crippen molar-refractivity contribution in [3.8, 4) is 0 Å². The smallest absolute Gasteiger partial charge is 0.285 e. The number of hydrogen-bond acceptors (Lipinski definition) is 5. The summed E-state index contributed by atoms with van der Waals surface area (Å²) < 4.78 is 7.84. The molecule has 28 heavy (non-hydrogen) atoms. The number of aromatic nitrogens is 4. The first kappa shape index (κ1) is 19.3. The van der Waals surface area contributed by atoms with Gasteiger partial charge in [0.2, 0.25) is 0 Å². The first-order valence-electron chi connectivity index (χ1n) is 8.49. The Hall–Kier alpha value is -2.06. The third-order valence-corrected chi connectivity index (χ3v) is 5.69. The highest BCUT2D eigenvalue weighted by Crippen LogP contribution is 2.34. The summed E-state index contributed by atoms with van der Waals surface area (Å²) in [7, 11) is 1.63. The van der Waals surface area contributed by atoms with Crippen LogP contribution in [0.3, 0.4) is 0 Å². The van der Waals surface area contributed by atoms with Gasteiger partial charge in [0, 0.05) is 35.8 Å². The van der Waals surface area contributed by atoms with Crippen molar-refractivity contribution in [3.63, 3.8) is 0 Å². The average Bonchev–Trinajstić information content (AvgIpc) is 3.09. The van der Waals surface area contributed by atoms with E-state index in [2.05, 4.69) is 19.7 Å². The Kier molecular flexibility index (Phi) is 5.33. The summed E-state index contributed by atoms with van der Waals surface area (Å²) >= 11 is 18.5. The van der Waals surface area contributed by atoms with Crippen LogP contribution in [0.15, 0.2) is 35.4 Å². The molecule has 1 aromatic carbocycles. The molecule has 1 N–H and O–H groups in total. The van der Waals surface area contributed by atoms with Crippen molar-refractivity contribution in [2.24, 2.45) is 0 Å². The molecule has 0 bridgehead atoms. The molecule has 4 rings (SSSR count). The predicted molar refractivity (Wildman–Crippen MR) is 108 cm³/mol. The summed E-state index contributed by atoms with van der Waals surface area (Å²) in [5.41, 5.74) is 1.90. The van der Waals surface area contributed by atoms with Crippen LogP contribution in [-0.4, -0.2) is 33.4 Å². The molecule has 1 aliphatic heterocycles. The molecule has 3 heterocycles. The van der Waals surface area contributed by atoms with Crippen LogP contribution in [0.2, 0.25) is 15.1 Å². The van der Waals surface area contributed by atoms with Gasteiger partial charge in [-0.3, -0.25) is 4.79 Å². The zero-order valence-corrected chi connectivity index (χ0v) is 17.1. The van der Waals surface area contributed by atoms with Crippen molar-refractivity contribution < 1.29 is 4.74 Å². The van der Waals surface area contributed by atoms with Gasteiger partial charge < -0.3 is 14.2 Å². The molecule has 146 valence electrons. The van der Waals surface area contributed by atoms with Crippen LogP contribution >= 0.6 is 34.8 Å². The van der Waals surface area contributed by atoms with Gasteiger partial charge in [0.15, 0.2) is 0 Å². The van der Waals surface area contributed by atoms with E-state index in [1.165, 1.54) is 0 Å². The van der Waals surface area contributed by atoms with E-state index in [9.17, 15) is 4.79 Å². The fraction of sp³-hybridized carbons (Fsp3) is 0.278. The lowest BCUT2D eigenvalue weighted by Gasteiger charge is -2.31. The first-order chi connectivity index (χ1) is 13.5. The van der Waals surface area contributed by atoms with Crippen molar-refractivity contribution >= 4 is 40.5 Å². The van der Waals surface area contributed by atoms with E-state index >= 15 is 0 Å². The summed E-state index contributed by atoms with van der Waals surface area (Å²) in [6.45, 7) is 1.79. The topological polar surface area (TPSA) is 76.0 Å². The molecule has 10 heteroatoms. The highest BCUT2D eigenvalue weighted by atomic mass is 35.5. The van der Waals surface area contributed by atoms with Crippen LogP contribution < -0.4 is 10.5 Å². The predicted octanol–water partition coefficient (Wildman–Crippen LogP) is 3.68. The molecule has 0 fully saturated rings. The Morgan fingerprint density at radius 1 is 1.21 bits per heavy atom. The van der Waals surface area contributed by atoms with Crippen molar-refractivity contribution in [1.82, 2.24) is 19.7 Å². The van der Waals surface area contributed by atoms with Crippen LogP contribution in [0.4, 0.5) is 5.69 Å². The number of hydrogen-bond donors (Lipinski definition) is 1. The van der Waals surface area contributed by atoms with Gasteiger partial charge in [0.1, 0.15) is 17.0 Å². The van der Waals surface area contributed by atoms with E-state index in [0.29, 0.717) is 35.4 Å². The summed E-state index contributed by atoms with van der Waals surface area (Å²) in [5, 5.41) is 7.40. The summed E-state index contributed by atoms with van der Waals surface area (Å²) in [5.74, 6) is 0.838. The zero-order valence-electron chi connectivity index (χ0n) is 14.8. The van der Waals surface area contributed by atoms with Crippen LogP contribution in [0, 0.1) is 0 Å². The number of rotatable bonds is 4. The van der Waals surface area contributed by atoms with Gasteiger partial charge in [-0.15, -0.1) is 0 Å². The van der Waals surface area contributed by atoms with Crippen LogP contribution in [0.1, 0.15) is 23.2 Å². The SMILES string of the molecule is COC(c1ccc(Cl)cc1Cl)c1cnc2n1CCN(c1cn[nH]c(=O)c1Cl)C2. The zero-order chi connectivity index (χ0) is 19.8. The maximum Gasteiger partial charge on any atom is 0.285 e. The second-order valence-corrected chi connectivity index (χ2v) is 7.57. The highest BCUT2D eigenvalue weighted by Gasteiger charge is 2.27. The van der Waals surface area contributed by atoms with E-state index in [-0.39, 0.29) is 11.1 Å². The normalized spacial score (nSPS) is 14.8. The van der Waals surface area contributed by atoms with E-state index in [1.54, 1.807) is 31.6 Å². The quantitative estimate of drug-likeness (QED) is 0.670. The van der Waals surface area contributed by atoms with Gasteiger partial charge in [-0.1, -0.05) is 40.9 Å². The molecule has 0 radical (unpaired) electrons. The number of halogens is 3. The first-order valence-corrected chi connectivity index (χ1v) is 9.63. The minimum Gasteiger partial charge on any atom is -0.370 e. The number of fused-ring (bicyclic) bond motifs is 1. The van der Waals surface area contributed by atoms with E-state index in [0.717, 1.165) is 17.1 Å². The van der Waals surface area contributed by atoms with Gasteiger partial charge in [-0.05, 0) is 12.1 Å². The Labute approximate surface area is 175 Å². The number of H-pyrrole nitrogens is 1. The molecular formula is C18H16Cl3N5O2. The number of ether oxygens (including phenoxy) is 1. The number of benzene rings is 1. The Morgan fingerprint density at radius 3 is 2.79 bits per heavy atom. The molecule has 2 aromatic heterocycles. The second kappa shape index (κ2) is 7.75. The second-order valence-electron chi connectivity index (χ2n) is 6.35. The van der Waals surface area contributed by atoms with Crippen molar-refractivity contribution in [1.29, 1.82) is 0 Å². The standard InChI is InChI=1S/C18H16Cl3N5O2/c1-28-17(11-3-2-10(19)6-12(11)20)14-7-22-15-9-25(4-5-26(14)15)13-8-23-24-18(27)16(13)21/h2-3,6-8,17H,4-5,9H2,1H3,(H,24,27). The maximum absolute atomic E-state index is 11.7.